The van der Waals surface area contributed by atoms with Crippen LogP contribution in [0.3, 0.4) is 0 Å². The Bertz CT molecular complexity index is 492. The first-order valence-electron chi connectivity index (χ1n) is 5.90. The number of carboxylic acid groups (broad SMARTS) is 1. The fourth-order valence-corrected chi connectivity index (χ4v) is 2.62. The average Bonchev–Trinajstić information content (AvgIpc) is 2.90. The first-order chi connectivity index (χ1) is 8.60. The highest BCUT2D eigenvalue weighted by molar-refractivity contribution is 7.11. The molecular weight excluding hydrogens is 250 g/mol. The van der Waals surface area contributed by atoms with Gasteiger partial charge in [-0.2, -0.15) is 0 Å². The van der Waals surface area contributed by atoms with Gasteiger partial charge in [0, 0.05) is 22.4 Å². The summed E-state index contributed by atoms with van der Waals surface area (Å²) in [6, 6.07) is 2.03. The Morgan fingerprint density at radius 1 is 1.61 bits per heavy atom. The number of hydrogen-bond acceptors (Lipinski definition) is 3. The van der Waals surface area contributed by atoms with Gasteiger partial charge in [0.2, 0.25) is 0 Å². The zero-order chi connectivity index (χ0) is 13.1. The third-order valence-corrected chi connectivity index (χ3v) is 3.93. The van der Waals surface area contributed by atoms with Gasteiger partial charge < -0.3 is 10.4 Å². The molecule has 0 bridgehead atoms. The number of thiophene rings is 1. The Labute approximate surface area is 109 Å². The summed E-state index contributed by atoms with van der Waals surface area (Å²) >= 11 is 1.36. The molecule has 1 saturated carbocycles. The third-order valence-electron chi connectivity index (χ3n) is 3.04. The van der Waals surface area contributed by atoms with Crippen molar-refractivity contribution in [2.24, 2.45) is 5.92 Å². The standard InChI is InChI=1S/C13H15NO3S/c1-2-8-6-11(8)14-13(17)9-5-10(18-7-9)3-4-12(15)16/h3-5,7-8,11H,2,6H2,1H3,(H,14,17)(H,15,16)/b4-3+. The molecule has 1 aliphatic rings. The maximum absolute atomic E-state index is 11.9. The van der Waals surface area contributed by atoms with E-state index in [0.717, 1.165) is 23.8 Å². The van der Waals surface area contributed by atoms with Crippen molar-refractivity contribution in [2.45, 2.75) is 25.8 Å². The summed E-state index contributed by atoms with van der Waals surface area (Å²) in [6.45, 7) is 2.12. The Morgan fingerprint density at radius 3 is 3.00 bits per heavy atom. The first kappa shape index (κ1) is 12.8. The number of carbonyl (C=O) groups excluding carboxylic acids is 1. The van der Waals surface area contributed by atoms with Crippen molar-refractivity contribution in [1.82, 2.24) is 5.32 Å². The van der Waals surface area contributed by atoms with Gasteiger partial charge in [-0.25, -0.2) is 4.79 Å². The second-order valence-electron chi connectivity index (χ2n) is 4.39. The zero-order valence-electron chi connectivity index (χ0n) is 10.1. The highest BCUT2D eigenvalue weighted by atomic mass is 32.1. The van der Waals surface area contributed by atoms with Crippen LogP contribution in [0.25, 0.3) is 6.08 Å². The quantitative estimate of drug-likeness (QED) is 0.803. The largest absolute Gasteiger partial charge is 0.478 e. The van der Waals surface area contributed by atoms with Crippen LogP contribution in [-0.2, 0) is 4.79 Å². The molecule has 1 amide bonds. The molecule has 0 aromatic carbocycles. The number of rotatable bonds is 5. The van der Waals surface area contributed by atoms with Crippen LogP contribution in [0.15, 0.2) is 17.5 Å². The molecule has 96 valence electrons. The molecule has 1 aromatic rings. The maximum atomic E-state index is 11.9. The molecule has 2 N–H and O–H groups in total. The van der Waals surface area contributed by atoms with Gasteiger partial charge in [0.25, 0.3) is 5.91 Å². The van der Waals surface area contributed by atoms with Crippen molar-refractivity contribution >= 4 is 29.3 Å². The fourth-order valence-electron chi connectivity index (χ4n) is 1.84. The molecule has 2 atom stereocenters. The van der Waals surface area contributed by atoms with E-state index in [1.54, 1.807) is 11.4 Å². The van der Waals surface area contributed by atoms with E-state index in [1.807, 2.05) is 0 Å². The lowest BCUT2D eigenvalue weighted by molar-refractivity contribution is -0.131. The number of aliphatic carboxylic acids is 1. The SMILES string of the molecule is CCC1CC1NC(=O)c1csc(/C=C/C(=O)O)c1. The molecular formula is C13H15NO3S. The van der Waals surface area contributed by atoms with Gasteiger partial charge in [0.05, 0.1) is 5.56 Å². The van der Waals surface area contributed by atoms with Gasteiger partial charge in [-0.3, -0.25) is 4.79 Å². The molecule has 2 rings (SSSR count). The van der Waals surface area contributed by atoms with Crippen molar-refractivity contribution in [3.8, 4) is 0 Å². The van der Waals surface area contributed by atoms with Crippen molar-refractivity contribution in [3.63, 3.8) is 0 Å². The minimum Gasteiger partial charge on any atom is -0.478 e. The summed E-state index contributed by atoms with van der Waals surface area (Å²) in [5.41, 5.74) is 0.604. The highest BCUT2D eigenvalue weighted by Crippen LogP contribution is 2.33. The smallest absolute Gasteiger partial charge is 0.328 e. The minimum atomic E-state index is -0.988. The van der Waals surface area contributed by atoms with E-state index < -0.39 is 5.97 Å². The third kappa shape index (κ3) is 3.20. The summed E-state index contributed by atoms with van der Waals surface area (Å²) in [6.07, 6.45) is 4.73. The van der Waals surface area contributed by atoms with Crippen LogP contribution in [-0.4, -0.2) is 23.0 Å². The summed E-state index contributed by atoms with van der Waals surface area (Å²) in [5, 5.41) is 13.2. The van der Waals surface area contributed by atoms with Crippen molar-refractivity contribution in [2.75, 3.05) is 0 Å². The normalized spacial score (nSPS) is 22.1. The second kappa shape index (κ2) is 5.35. The van der Waals surface area contributed by atoms with E-state index >= 15 is 0 Å². The number of carboxylic acids is 1. The molecule has 0 saturated heterocycles. The van der Waals surface area contributed by atoms with Crippen LogP contribution >= 0.6 is 11.3 Å². The van der Waals surface area contributed by atoms with Gasteiger partial charge in [0.1, 0.15) is 0 Å². The molecule has 1 aromatic heterocycles. The lowest BCUT2D eigenvalue weighted by Crippen LogP contribution is -2.26. The summed E-state index contributed by atoms with van der Waals surface area (Å²) in [4.78, 5) is 23.0. The molecule has 1 aliphatic carbocycles. The van der Waals surface area contributed by atoms with Crippen LogP contribution in [0.4, 0.5) is 0 Å². The number of nitrogens with one attached hydrogen (secondary N) is 1. The van der Waals surface area contributed by atoms with Crippen LogP contribution in [0, 0.1) is 5.92 Å². The van der Waals surface area contributed by atoms with Crippen molar-refractivity contribution in [1.29, 1.82) is 0 Å². The van der Waals surface area contributed by atoms with Gasteiger partial charge in [-0.15, -0.1) is 11.3 Å². The monoisotopic (exact) mass is 265 g/mol. The molecule has 2 unspecified atom stereocenters. The van der Waals surface area contributed by atoms with E-state index in [9.17, 15) is 9.59 Å². The molecule has 0 aliphatic heterocycles. The summed E-state index contributed by atoms with van der Waals surface area (Å²) < 4.78 is 0. The Hall–Kier alpha value is -1.62. The van der Waals surface area contributed by atoms with E-state index in [4.69, 9.17) is 5.11 Å². The van der Waals surface area contributed by atoms with Gasteiger partial charge in [0.15, 0.2) is 0 Å². The Kier molecular flexibility index (Phi) is 3.81. The zero-order valence-corrected chi connectivity index (χ0v) is 10.9. The first-order valence-corrected chi connectivity index (χ1v) is 6.78. The van der Waals surface area contributed by atoms with E-state index in [2.05, 4.69) is 12.2 Å². The highest BCUT2D eigenvalue weighted by Gasteiger charge is 2.36. The molecule has 5 heteroatoms. The topological polar surface area (TPSA) is 66.4 Å². The molecule has 1 fully saturated rings. The van der Waals surface area contributed by atoms with Gasteiger partial charge in [-0.05, 0) is 24.5 Å². The Morgan fingerprint density at radius 2 is 2.39 bits per heavy atom. The van der Waals surface area contributed by atoms with Gasteiger partial charge in [-0.1, -0.05) is 13.3 Å². The number of hydrogen-bond donors (Lipinski definition) is 2. The average molecular weight is 265 g/mol. The summed E-state index contributed by atoms with van der Waals surface area (Å²) in [7, 11) is 0. The number of carbonyl (C=O) groups is 2. The molecule has 1 heterocycles. The fraction of sp³-hybridized carbons (Fsp3) is 0.385. The summed E-state index contributed by atoms with van der Waals surface area (Å²) in [5.74, 6) is -0.431. The minimum absolute atomic E-state index is 0.0674. The molecule has 4 nitrogen and oxygen atoms in total. The van der Waals surface area contributed by atoms with Crippen LogP contribution in [0.5, 0.6) is 0 Å². The number of amides is 1. The van der Waals surface area contributed by atoms with Crippen LogP contribution < -0.4 is 5.32 Å². The molecule has 18 heavy (non-hydrogen) atoms. The van der Waals surface area contributed by atoms with Crippen molar-refractivity contribution < 1.29 is 14.7 Å². The lowest BCUT2D eigenvalue weighted by atomic mass is 10.2. The van der Waals surface area contributed by atoms with E-state index in [0.29, 0.717) is 17.5 Å². The predicted molar refractivity (Wildman–Crippen MR) is 70.6 cm³/mol. The second-order valence-corrected chi connectivity index (χ2v) is 5.34. The van der Waals surface area contributed by atoms with Crippen molar-refractivity contribution in [3.05, 3.63) is 28.0 Å². The predicted octanol–water partition coefficient (Wildman–Crippen LogP) is 2.37. The lowest BCUT2D eigenvalue weighted by Gasteiger charge is -2.01. The Balaban J connectivity index is 1.93. The van der Waals surface area contributed by atoms with E-state index in [1.165, 1.54) is 17.4 Å². The molecule has 0 radical (unpaired) electrons. The van der Waals surface area contributed by atoms with Crippen LogP contribution in [0.2, 0.25) is 0 Å². The van der Waals surface area contributed by atoms with Crippen LogP contribution in [0.1, 0.15) is 35.0 Å². The van der Waals surface area contributed by atoms with Gasteiger partial charge >= 0.3 is 5.97 Å². The van der Waals surface area contributed by atoms with E-state index in [-0.39, 0.29) is 5.91 Å². The molecule has 0 spiro atoms. The maximum Gasteiger partial charge on any atom is 0.328 e.